The fourth-order valence-corrected chi connectivity index (χ4v) is 1.66. The van der Waals surface area contributed by atoms with Crippen molar-refractivity contribution in [1.29, 1.82) is 5.26 Å². The Morgan fingerprint density at radius 3 is 2.50 bits per heavy atom. The lowest BCUT2D eigenvalue weighted by molar-refractivity contribution is -0.137. The highest BCUT2D eigenvalue weighted by atomic mass is 79.9. The zero-order valence-corrected chi connectivity index (χ0v) is 10.7. The summed E-state index contributed by atoms with van der Waals surface area (Å²) in [6.07, 6.45) is -4.60. The van der Waals surface area contributed by atoms with E-state index in [0.29, 0.717) is 12.1 Å². The molecule has 1 rings (SSSR count). The molecule has 1 aromatic rings. The van der Waals surface area contributed by atoms with Gasteiger partial charge in [0.05, 0.1) is 29.1 Å². The fraction of sp³-hybridized carbons (Fsp3) is 0.273. The summed E-state index contributed by atoms with van der Waals surface area (Å²) in [5.74, 6) is -0.775. The highest BCUT2D eigenvalue weighted by Crippen LogP contribution is 2.35. The second-order valence-corrected chi connectivity index (χ2v) is 3.83. The molecular formula is C11H7BrF3NO2. The van der Waals surface area contributed by atoms with E-state index in [0.717, 1.165) is 7.11 Å². The normalized spacial score (nSPS) is 10.9. The average Bonchev–Trinajstić information content (AvgIpc) is 2.34. The Hall–Kier alpha value is -1.55. The Balaban J connectivity index is 3.55. The summed E-state index contributed by atoms with van der Waals surface area (Å²) in [6, 6.07) is 2.92. The van der Waals surface area contributed by atoms with Gasteiger partial charge in [0.15, 0.2) is 5.78 Å². The van der Waals surface area contributed by atoms with Crippen molar-refractivity contribution in [3.05, 3.63) is 28.8 Å². The molecule has 0 aliphatic rings. The molecule has 0 amide bonds. The molecule has 0 heterocycles. The number of hydrogen-bond donors (Lipinski definition) is 0. The van der Waals surface area contributed by atoms with E-state index in [-0.39, 0.29) is 22.2 Å². The van der Waals surface area contributed by atoms with Crippen LogP contribution in [0.4, 0.5) is 13.2 Å². The molecule has 1 aromatic carbocycles. The van der Waals surface area contributed by atoms with Crippen LogP contribution in [0.25, 0.3) is 0 Å². The molecule has 0 aliphatic carbocycles. The molecule has 0 aromatic heterocycles. The number of ketones is 1. The summed E-state index contributed by atoms with van der Waals surface area (Å²) in [5.41, 5.74) is -1.53. The first-order chi connectivity index (χ1) is 8.35. The summed E-state index contributed by atoms with van der Waals surface area (Å²) in [6.45, 7) is 0. The van der Waals surface area contributed by atoms with Crippen LogP contribution in [0.5, 0.6) is 5.75 Å². The number of alkyl halides is 4. The predicted octanol–water partition coefficient (Wildman–Crippen LogP) is 3.16. The Bertz CT molecular complexity index is 520. The number of Topliss-reactive ketones (excluding diaryl/α,β-unsaturated/α-hetero) is 1. The standard InChI is InChI=1S/C11H7BrF3NO2/c1-18-9-3-7(11(13,14)15)2-6(5-16)10(9)8(17)4-12/h2-3H,4H2,1H3. The Morgan fingerprint density at radius 2 is 2.11 bits per heavy atom. The summed E-state index contributed by atoms with van der Waals surface area (Å²) in [5, 5.41) is 8.72. The van der Waals surface area contributed by atoms with E-state index in [9.17, 15) is 18.0 Å². The van der Waals surface area contributed by atoms with Crippen molar-refractivity contribution in [3.8, 4) is 11.8 Å². The third-order valence-corrected chi connectivity index (χ3v) is 2.68. The Morgan fingerprint density at radius 1 is 1.50 bits per heavy atom. The van der Waals surface area contributed by atoms with Crippen molar-refractivity contribution in [2.45, 2.75) is 6.18 Å². The number of halogens is 4. The van der Waals surface area contributed by atoms with Gasteiger partial charge in [-0.1, -0.05) is 15.9 Å². The van der Waals surface area contributed by atoms with Gasteiger partial charge in [-0.25, -0.2) is 0 Å². The highest BCUT2D eigenvalue weighted by molar-refractivity contribution is 9.09. The lowest BCUT2D eigenvalue weighted by atomic mass is 10.0. The molecule has 0 radical (unpaired) electrons. The van der Waals surface area contributed by atoms with Crippen LogP contribution in [0, 0.1) is 11.3 Å². The van der Waals surface area contributed by atoms with Crippen LogP contribution in [0.1, 0.15) is 21.5 Å². The van der Waals surface area contributed by atoms with Crippen LogP contribution in [0.15, 0.2) is 12.1 Å². The third kappa shape index (κ3) is 2.82. The quantitative estimate of drug-likeness (QED) is 0.634. The molecule has 0 fully saturated rings. The van der Waals surface area contributed by atoms with Crippen LogP contribution in [-0.4, -0.2) is 18.2 Å². The van der Waals surface area contributed by atoms with Crippen molar-refractivity contribution in [2.24, 2.45) is 0 Å². The molecule has 0 unspecified atom stereocenters. The molecule has 18 heavy (non-hydrogen) atoms. The maximum atomic E-state index is 12.6. The Kier molecular flexibility index (Phi) is 4.35. The minimum atomic E-state index is -4.60. The van der Waals surface area contributed by atoms with Gasteiger partial charge in [0.1, 0.15) is 11.8 Å². The molecule has 3 nitrogen and oxygen atoms in total. The lowest BCUT2D eigenvalue weighted by Gasteiger charge is -2.13. The molecule has 0 aliphatic heterocycles. The van der Waals surface area contributed by atoms with Gasteiger partial charge in [-0.2, -0.15) is 18.4 Å². The predicted molar refractivity (Wildman–Crippen MR) is 60.8 cm³/mol. The number of ether oxygens (including phenoxy) is 1. The monoisotopic (exact) mass is 321 g/mol. The van der Waals surface area contributed by atoms with E-state index in [2.05, 4.69) is 15.9 Å². The molecule has 0 saturated heterocycles. The molecule has 0 spiro atoms. The maximum absolute atomic E-state index is 12.6. The fourth-order valence-electron chi connectivity index (χ4n) is 1.38. The van der Waals surface area contributed by atoms with E-state index < -0.39 is 17.5 Å². The van der Waals surface area contributed by atoms with Crippen molar-refractivity contribution in [2.75, 3.05) is 12.4 Å². The molecule has 0 atom stereocenters. The van der Waals surface area contributed by atoms with Gasteiger partial charge in [0, 0.05) is 0 Å². The number of carbonyl (C=O) groups is 1. The minimum Gasteiger partial charge on any atom is -0.496 e. The number of methoxy groups -OCH3 is 1. The topological polar surface area (TPSA) is 50.1 Å². The van der Waals surface area contributed by atoms with Gasteiger partial charge >= 0.3 is 6.18 Å². The van der Waals surface area contributed by atoms with Crippen molar-refractivity contribution in [1.82, 2.24) is 0 Å². The van der Waals surface area contributed by atoms with Crippen LogP contribution >= 0.6 is 15.9 Å². The van der Waals surface area contributed by atoms with E-state index >= 15 is 0 Å². The van der Waals surface area contributed by atoms with Crippen molar-refractivity contribution < 1.29 is 22.7 Å². The smallest absolute Gasteiger partial charge is 0.416 e. The van der Waals surface area contributed by atoms with Crippen LogP contribution in [-0.2, 0) is 6.18 Å². The van der Waals surface area contributed by atoms with Gasteiger partial charge in [-0.3, -0.25) is 4.79 Å². The number of benzene rings is 1. The number of rotatable bonds is 3. The van der Waals surface area contributed by atoms with Crippen LogP contribution in [0.3, 0.4) is 0 Å². The zero-order valence-electron chi connectivity index (χ0n) is 9.14. The Labute approximate surface area is 109 Å². The third-order valence-electron chi connectivity index (χ3n) is 2.17. The van der Waals surface area contributed by atoms with Crippen LogP contribution < -0.4 is 4.74 Å². The molecule has 96 valence electrons. The van der Waals surface area contributed by atoms with Crippen molar-refractivity contribution in [3.63, 3.8) is 0 Å². The second kappa shape index (κ2) is 5.40. The van der Waals surface area contributed by atoms with E-state index in [1.165, 1.54) is 0 Å². The molecule has 0 N–H and O–H groups in total. The molecular weight excluding hydrogens is 315 g/mol. The number of hydrogen-bond acceptors (Lipinski definition) is 3. The number of carbonyl (C=O) groups excluding carboxylic acids is 1. The van der Waals surface area contributed by atoms with Crippen molar-refractivity contribution >= 4 is 21.7 Å². The summed E-state index contributed by atoms with van der Waals surface area (Å²) < 4.78 is 42.5. The van der Waals surface area contributed by atoms with Gasteiger partial charge in [0.2, 0.25) is 0 Å². The molecule has 0 bridgehead atoms. The minimum absolute atomic E-state index is 0.108. The average molecular weight is 322 g/mol. The van der Waals surface area contributed by atoms with E-state index in [1.54, 1.807) is 6.07 Å². The van der Waals surface area contributed by atoms with Crippen LogP contribution in [0.2, 0.25) is 0 Å². The second-order valence-electron chi connectivity index (χ2n) is 3.27. The first-order valence-electron chi connectivity index (χ1n) is 4.63. The maximum Gasteiger partial charge on any atom is 0.416 e. The van der Waals surface area contributed by atoms with E-state index in [1.807, 2.05) is 0 Å². The van der Waals surface area contributed by atoms with Gasteiger partial charge in [0.25, 0.3) is 0 Å². The SMILES string of the molecule is COc1cc(C(F)(F)F)cc(C#N)c1C(=O)CBr. The summed E-state index contributed by atoms with van der Waals surface area (Å²) in [4.78, 5) is 11.6. The lowest BCUT2D eigenvalue weighted by Crippen LogP contribution is -2.11. The van der Waals surface area contributed by atoms with Gasteiger partial charge < -0.3 is 4.74 Å². The van der Waals surface area contributed by atoms with Gasteiger partial charge in [-0.05, 0) is 12.1 Å². The first kappa shape index (κ1) is 14.5. The largest absolute Gasteiger partial charge is 0.496 e. The molecule has 7 heteroatoms. The number of nitriles is 1. The summed E-state index contributed by atoms with van der Waals surface area (Å²) in [7, 11) is 1.14. The zero-order chi connectivity index (χ0) is 13.9. The highest BCUT2D eigenvalue weighted by Gasteiger charge is 2.33. The summed E-state index contributed by atoms with van der Waals surface area (Å²) >= 11 is 2.90. The first-order valence-corrected chi connectivity index (χ1v) is 5.75. The number of nitrogens with zero attached hydrogens (tertiary/aromatic N) is 1. The molecule has 0 saturated carbocycles. The van der Waals surface area contributed by atoms with Gasteiger partial charge in [-0.15, -0.1) is 0 Å². The van der Waals surface area contributed by atoms with E-state index in [4.69, 9.17) is 10.00 Å².